The van der Waals surface area contributed by atoms with Gasteiger partial charge in [-0.3, -0.25) is 4.98 Å². The average Bonchev–Trinajstić information content (AvgIpc) is 2.87. The molecule has 1 aliphatic rings. The third-order valence-corrected chi connectivity index (χ3v) is 4.25. The normalized spacial score (nSPS) is 19.5. The van der Waals surface area contributed by atoms with Crippen LogP contribution in [0.3, 0.4) is 0 Å². The Balaban J connectivity index is 1.97. The van der Waals surface area contributed by atoms with Crippen LogP contribution in [0.15, 0.2) is 30.5 Å². The van der Waals surface area contributed by atoms with Gasteiger partial charge in [0.2, 0.25) is 0 Å². The van der Waals surface area contributed by atoms with Crippen molar-refractivity contribution >= 4 is 22.3 Å². The lowest BCUT2D eigenvalue weighted by Gasteiger charge is -2.21. The first-order valence-corrected chi connectivity index (χ1v) is 7.04. The zero-order valence-corrected chi connectivity index (χ0v) is 11.6. The van der Waals surface area contributed by atoms with E-state index in [-0.39, 0.29) is 0 Å². The van der Waals surface area contributed by atoms with Gasteiger partial charge in [-0.05, 0) is 42.5 Å². The molecule has 1 atom stereocenters. The van der Waals surface area contributed by atoms with Crippen LogP contribution in [0, 0.1) is 11.8 Å². The molecule has 2 N–H and O–H groups in total. The average molecular weight is 255 g/mol. The molecule has 100 valence electrons. The maximum Gasteiger partial charge on any atom is 0.0743 e. The molecule has 1 unspecified atom stereocenters. The summed E-state index contributed by atoms with van der Waals surface area (Å²) in [6.45, 7) is 6.94. The number of anilines is 2. The number of aromatic nitrogens is 1. The van der Waals surface area contributed by atoms with Gasteiger partial charge in [0.1, 0.15) is 0 Å². The van der Waals surface area contributed by atoms with Crippen molar-refractivity contribution in [2.45, 2.75) is 20.3 Å². The molecule has 0 bridgehead atoms. The second-order valence-electron chi connectivity index (χ2n) is 5.85. The molecular weight excluding hydrogens is 234 g/mol. The van der Waals surface area contributed by atoms with Gasteiger partial charge in [0.25, 0.3) is 0 Å². The molecule has 3 rings (SSSR count). The van der Waals surface area contributed by atoms with Crippen molar-refractivity contribution in [3.8, 4) is 0 Å². The summed E-state index contributed by atoms with van der Waals surface area (Å²) in [6.07, 6.45) is 3.18. The van der Waals surface area contributed by atoms with Gasteiger partial charge >= 0.3 is 0 Å². The molecule has 0 spiro atoms. The first-order chi connectivity index (χ1) is 9.15. The molecule has 1 fully saturated rings. The third-order valence-electron chi connectivity index (χ3n) is 4.25. The predicted octanol–water partition coefficient (Wildman–Crippen LogP) is 3.30. The van der Waals surface area contributed by atoms with Crippen molar-refractivity contribution in [3.63, 3.8) is 0 Å². The van der Waals surface area contributed by atoms with Crippen molar-refractivity contribution < 1.29 is 0 Å². The Labute approximate surface area is 114 Å². The fourth-order valence-electron chi connectivity index (χ4n) is 2.98. The van der Waals surface area contributed by atoms with Crippen LogP contribution >= 0.6 is 0 Å². The second kappa shape index (κ2) is 4.72. The molecule has 0 aliphatic carbocycles. The van der Waals surface area contributed by atoms with Crippen LogP contribution in [0.5, 0.6) is 0 Å². The van der Waals surface area contributed by atoms with E-state index >= 15 is 0 Å². The molecule has 1 aliphatic heterocycles. The predicted molar refractivity (Wildman–Crippen MR) is 81.3 cm³/mol. The molecule has 1 saturated heterocycles. The Kier molecular flexibility index (Phi) is 3.05. The summed E-state index contributed by atoms with van der Waals surface area (Å²) >= 11 is 0. The van der Waals surface area contributed by atoms with Crippen LogP contribution in [0.4, 0.5) is 11.4 Å². The van der Waals surface area contributed by atoms with E-state index in [9.17, 15) is 0 Å². The van der Waals surface area contributed by atoms with Crippen LogP contribution in [0.25, 0.3) is 10.9 Å². The number of fused-ring (bicyclic) bond motifs is 1. The van der Waals surface area contributed by atoms with E-state index in [1.165, 1.54) is 17.5 Å². The summed E-state index contributed by atoms with van der Waals surface area (Å²) in [5, 5.41) is 1.21. The number of nitrogens with zero attached hydrogens (tertiary/aromatic N) is 2. The van der Waals surface area contributed by atoms with Crippen molar-refractivity contribution in [1.82, 2.24) is 4.98 Å². The van der Waals surface area contributed by atoms with Gasteiger partial charge in [-0.15, -0.1) is 0 Å². The van der Waals surface area contributed by atoms with Gasteiger partial charge in [0.15, 0.2) is 0 Å². The van der Waals surface area contributed by atoms with Crippen molar-refractivity contribution in [2.24, 2.45) is 11.8 Å². The quantitative estimate of drug-likeness (QED) is 0.837. The summed E-state index contributed by atoms with van der Waals surface area (Å²) in [6, 6.07) is 8.13. The molecule has 2 heterocycles. The topological polar surface area (TPSA) is 42.2 Å². The van der Waals surface area contributed by atoms with Gasteiger partial charge in [-0.1, -0.05) is 13.8 Å². The number of hydrogen-bond donors (Lipinski definition) is 1. The molecule has 0 saturated carbocycles. The Morgan fingerprint density at radius 2 is 2.16 bits per heavy atom. The Hall–Kier alpha value is -1.77. The molecule has 2 aromatic rings. The molecule has 1 aromatic heterocycles. The van der Waals surface area contributed by atoms with Crippen LogP contribution in [-0.2, 0) is 0 Å². The van der Waals surface area contributed by atoms with E-state index in [2.05, 4.69) is 35.9 Å². The Morgan fingerprint density at radius 3 is 2.89 bits per heavy atom. The molecule has 3 heteroatoms. The number of nitrogens with two attached hydrogens (primary N) is 1. The van der Waals surface area contributed by atoms with E-state index < -0.39 is 0 Å². The lowest BCUT2D eigenvalue weighted by molar-refractivity contribution is 0.423. The van der Waals surface area contributed by atoms with E-state index in [0.29, 0.717) is 0 Å². The van der Waals surface area contributed by atoms with E-state index in [4.69, 9.17) is 5.73 Å². The van der Waals surface area contributed by atoms with Crippen molar-refractivity contribution in [2.75, 3.05) is 23.7 Å². The maximum atomic E-state index is 5.84. The van der Waals surface area contributed by atoms with Gasteiger partial charge in [-0.2, -0.15) is 0 Å². The van der Waals surface area contributed by atoms with Gasteiger partial charge in [-0.25, -0.2) is 0 Å². The Bertz CT molecular complexity index is 592. The fourth-order valence-corrected chi connectivity index (χ4v) is 2.98. The number of hydrogen-bond acceptors (Lipinski definition) is 3. The standard InChI is InChI=1S/C16H21N3/c1-11(2)12-6-8-19(10-12)16-5-7-18-15-9-13(17)3-4-14(15)16/h3-5,7,9,11-12H,6,8,10,17H2,1-2H3. The van der Waals surface area contributed by atoms with Gasteiger partial charge in [0.05, 0.1) is 5.52 Å². The van der Waals surface area contributed by atoms with Crippen LogP contribution < -0.4 is 10.6 Å². The lowest BCUT2D eigenvalue weighted by Crippen LogP contribution is -2.21. The van der Waals surface area contributed by atoms with E-state index in [0.717, 1.165) is 36.1 Å². The number of benzene rings is 1. The van der Waals surface area contributed by atoms with Gasteiger partial charge < -0.3 is 10.6 Å². The van der Waals surface area contributed by atoms with Crippen molar-refractivity contribution in [3.05, 3.63) is 30.5 Å². The number of nitrogen functional groups attached to an aromatic ring is 1. The second-order valence-corrected chi connectivity index (χ2v) is 5.85. The summed E-state index contributed by atoms with van der Waals surface area (Å²) < 4.78 is 0. The first-order valence-electron chi connectivity index (χ1n) is 7.04. The lowest BCUT2D eigenvalue weighted by atomic mass is 9.95. The summed E-state index contributed by atoms with van der Waals surface area (Å²) in [4.78, 5) is 6.91. The molecule has 19 heavy (non-hydrogen) atoms. The van der Waals surface area contributed by atoms with Crippen LogP contribution in [0.2, 0.25) is 0 Å². The summed E-state index contributed by atoms with van der Waals surface area (Å²) in [5.41, 5.74) is 8.90. The van der Waals surface area contributed by atoms with E-state index in [1.807, 2.05) is 18.3 Å². The summed E-state index contributed by atoms with van der Waals surface area (Å²) in [7, 11) is 0. The maximum absolute atomic E-state index is 5.84. The highest BCUT2D eigenvalue weighted by atomic mass is 15.2. The van der Waals surface area contributed by atoms with E-state index in [1.54, 1.807) is 0 Å². The zero-order chi connectivity index (χ0) is 13.4. The SMILES string of the molecule is CC(C)C1CCN(c2ccnc3cc(N)ccc23)C1. The largest absolute Gasteiger partial charge is 0.399 e. The minimum atomic E-state index is 0.758. The van der Waals surface area contributed by atoms with Crippen LogP contribution in [-0.4, -0.2) is 18.1 Å². The molecule has 3 nitrogen and oxygen atoms in total. The molecule has 1 aromatic carbocycles. The molecule has 0 amide bonds. The van der Waals surface area contributed by atoms with Gasteiger partial charge in [0, 0.05) is 36.0 Å². The smallest absolute Gasteiger partial charge is 0.0743 e. The summed E-state index contributed by atoms with van der Waals surface area (Å²) in [5.74, 6) is 1.56. The molecule has 0 radical (unpaired) electrons. The highest BCUT2D eigenvalue weighted by molar-refractivity contribution is 5.93. The minimum Gasteiger partial charge on any atom is -0.399 e. The highest BCUT2D eigenvalue weighted by Gasteiger charge is 2.25. The minimum absolute atomic E-state index is 0.758. The van der Waals surface area contributed by atoms with Crippen LogP contribution in [0.1, 0.15) is 20.3 Å². The zero-order valence-electron chi connectivity index (χ0n) is 11.6. The first kappa shape index (κ1) is 12.3. The highest BCUT2D eigenvalue weighted by Crippen LogP contribution is 2.32. The van der Waals surface area contributed by atoms with Crippen molar-refractivity contribution in [1.29, 1.82) is 0 Å². The monoisotopic (exact) mass is 255 g/mol. The third kappa shape index (κ3) is 2.25. The number of pyridine rings is 1. The fraction of sp³-hybridized carbons (Fsp3) is 0.438. The Morgan fingerprint density at radius 1 is 1.32 bits per heavy atom. The number of rotatable bonds is 2. The molecular formula is C16H21N3.